The highest BCUT2D eigenvalue weighted by molar-refractivity contribution is 5.98. The highest BCUT2D eigenvalue weighted by Gasteiger charge is 2.18. The number of fused-ring (bicyclic) bond motifs is 3. The molecule has 0 atom stereocenters. The summed E-state index contributed by atoms with van der Waals surface area (Å²) in [4.78, 5) is 30.9. The van der Waals surface area contributed by atoms with Crippen LogP contribution in [0.15, 0.2) is 77.6 Å². The number of para-hydroxylation sites is 1. The van der Waals surface area contributed by atoms with E-state index in [4.69, 9.17) is 4.74 Å². The van der Waals surface area contributed by atoms with Crippen LogP contribution >= 0.6 is 0 Å². The molecule has 0 unspecified atom stereocenters. The van der Waals surface area contributed by atoms with Crippen LogP contribution in [-0.4, -0.2) is 32.1 Å². The molecule has 5 aromatic rings. The van der Waals surface area contributed by atoms with Gasteiger partial charge in [0.05, 0.1) is 19.2 Å². The van der Waals surface area contributed by atoms with Gasteiger partial charge in [0.2, 0.25) is 0 Å². The minimum absolute atomic E-state index is 0.0906. The Hall–Kier alpha value is -4.26. The molecule has 158 valence electrons. The molecule has 0 radical (unpaired) electrons. The highest BCUT2D eigenvalue weighted by Crippen LogP contribution is 2.24. The van der Waals surface area contributed by atoms with Gasteiger partial charge in [0.15, 0.2) is 17.3 Å². The van der Waals surface area contributed by atoms with Crippen molar-refractivity contribution >= 4 is 22.3 Å². The van der Waals surface area contributed by atoms with Crippen LogP contribution in [0.5, 0.6) is 5.75 Å². The summed E-state index contributed by atoms with van der Waals surface area (Å²) in [7, 11) is 1.59. The first kappa shape index (κ1) is 19.7. The second kappa shape index (κ2) is 7.77. The normalized spacial score (nSPS) is 11.2. The number of benzene rings is 3. The van der Waals surface area contributed by atoms with Crippen molar-refractivity contribution in [3.8, 4) is 17.1 Å². The summed E-state index contributed by atoms with van der Waals surface area (Å²) in [5, 5.41) is 5.21. The molecule has 0 bridgehead atoms. The smallest absolute Gasteiger partial charge is 0.351 e. The first-order valence-electron chi connectivity index (χ1n) is 10.2. The fraction of sp³-hybridized carbons (Fsp3) is 0.120. The Morgan fingerprint density at radius 1 is 1.00 bits per heavy atom. The summed E-state index contributed by atoms with van der Waals surface area (Å²) in [6.07, 6.45) is 0. The second-order valence-corrected chi connectivity index (χ2v) is 7.58. The van der Waals surface area contributed by atoms with Crippen molar-refractivity contribution in [3.05, 3.63) is 94.4 Å². The zero-order valence-electron chi connectivity index (χ0n) is 17.6. The zero-order valence-corrected chi connectivity index (χ0v) is 17.6. The quantitative estimate of drug-likeness (QED) is 0.400. The van der Waals surface area contributed by atoms with E-state index in [0.29, 0.717) is 28.3 Å². The number of Topliss-reactive ketones (excluding diaryl/α,β-unsaturated/α-hetero) is 1. The maximum Gasteiger partial charge on any atom is 0.351 e. The number of nitrogens with zero attached hydrogens (tertiary/aromatic N) is 4. The van der Waals surface area contributed by atoms with Crippen LogP contribution in [0.25, 0.3) is 27.9 Å². The molecular formula is C25H20N4O3. The van der Waals surface area contributed by atoms with Crippen molar-refractivity contribution in [1.82, 2.24) is 19.2 Å². The zero-order chi connectivity index (χ0) is 22.2. The fourth-order valence-corrected chi connectivity index (χ4v) is 3.75. The number of carbonyl (C=O) groups is 1. The molecule has 0 spiro atoms. The maximum absolute atomic E-state index is 13.4. The number of aromatic nitrogens is 4. The monoisotopic (exact) mass is 424 g/mol. The van der Waals surface area contributed by atoms with Gasteiger partial charge in [-0.25, -0.2) is 9.78 Å². The molecule has 2 heterocycles. The molecule has 32 heavy (non-hydrogen) atoms. The van der Waals surface area contributed by atoms with Crippen molar-refractivity contribution in [2.45, 2.75) is 13.5 Å². The van der Waals surface area contributed by atoms with Crippen LogP contribution in [-0.2, 0) is 6.54 Å². The number of hydrogen-bond acceptors (Lipinski definition) is 5. The average molecular weight is 424 g/mol. The van der Waals surface area contributed by atoms with E-state index in [9.17, 15) is 9.59 Å². The van der Waals surface area contributed by atoms with Gasteiger partial charge < -0.3 is 4.74 Å². The maximum atomic E-state index is 13.4. The third kappa shape index (κ3) is 3.33. The predicted molar refractivity (Wildman–Crippen MR) is 122 cm³/mol. The van der Waals surface area contributed by atoms with E-state index in [1.165, 1.54) is 9.08 Å². The fourth-order valence-electron chi connectivity index (χ4n) is 3.75. The lowest BCUT2D eigenvalue weighted by Crippen LogP contribution is -2.30. The van der Waals surface area contributed by atoms with Gasteiger partial charge in [-0.15, -0.1) is 5.10 Å². The number of aryl methyl sites for hydroxylation is 1. The SMILES string of the molecule is COc1cccc(-c2nc3c4ccccc4n(CC(=O)c4ccc(C)cc4)c(=O)n3n2)c1. The molecule has 0 N–H and O–H groups in total. The third-order valence-corrected chi connectivity index (χ3v) is 5.46. The molecule has 7 heteroatoms. The largest absolute Gasteiger partial charge is 0.497 e. The molecule has 0 saturated heterocycles. The number of ether oxygens (including phenoxy) is 1. The van der Waals surface area contributed by atoms with E-state index in [1.807, 2.05) is 67.6 Å². The summed E-state index contributed by atoms with van der Waals surface area (Å²) in [5.41, 5.74) is 3.03. The van der Waals surface area contributed by atoms with Gasteiger partial charge in [-0.1, -0.05) is 54.1 Å². The Bertz CT molecular complexity index is 1530. The van der Waals surface area contributed by atoms with E-state index in [2.05, 4.69) is 10.1 Å². The molecule has 0 fully saturated rings. The Labute approximate surface area is 183 Å². The van der Waals surface area contributed by atoms with Crippen molar-refractivity contribution in [2.75, 3.05) is 7.11 Å². The summed E-state index contributed by atoms with van der Waals surface area (Å²) in [6.45, 7) is 1.87. The first-order valence-corrected chi connectivity index (χ1v) is 10.2. The van der Waals surface area contributed by atoms with E-state index in [0.717, 1.165) is 16.5 Å². The van der Waals surface area contributed by atoms with Crippen molar-refractivity contribution in [2.24, 2.45) is 0 Å². The van der Waals surface area contributed by atoms with Gasteiger partial charge in [-0.05, 0) is 31.2 Å². The Morgan fingerprint density at radius 2 is 1.78 bits per heavy atom. The molecule has 0 amide bonds. The lowest BCUT2D eigenvalue weighted by atomic mass is 10.1. The molecule has 7 nitrogen and oxygen atoms in total. The topological polar surface area (TPSA) is 78.5 Å². The summed E-state index contributed by atoms with van der Waals surface area (Å²) in [6, 6.07) is 22.1. The summed E-state index contributed by atoms with van der Waals surface area (Å²) in [5.74, 6) is 0.936. The molecule has 0 aliphatic rings. The molecular weight excluding hydrogens is 404 g/mol. The van der Waals surface area contributed by atoms with Gasteiger partial charge >= 0.3 is 5.69 Å². The van der Waals surface area contributed by atoms with Crippen LogP contribution in [0.4, 0.5) is 0 Å². The number of rotatable bonds is 5. The number of ketones is 1. The second-order valence-electron chi connectivity index (χ2n) is 7.58. The van der Waals surface area contributed by atoms with Crippen LogP contribution in [0.2, 0.25) is 0 Å². The standard InChI is InChI=1S/C25H20N4O3/c1-16-10-12-17(13-11-16)22(30)15-28-21-9-4-3-8-20(21)24-26-23(27-29(24)25(28)31)18-6-5-7-19(14-18)32-2/h3-14H,15H2,1-2H3. The van der Waals surface area contributed by atoms with E-state index in [-0.39, 0.29) is 12.3 Å². The molecule has 5 rings (SSSR count). The Balaban J connectivity index is 1.68. The van der Waals surface area contributed by atoms with Gasteiger partial charge in [-0.3, -0.25) is 9.36 Å². The van der Waals surface area contributed by atoms with Crippen molar-refractivity contribution in [3.63, 3.8) is 0 Å². The van der Waals surface area contributed by atoms with Gasteiger partial charge in [0.1, 0.15) is 5.75 Å². The average Bonchev–Trinajstić information content (AvgIpc) is 3.28. The summed E-state index contributed by atoms with van der Waals surface area (Å²) < 4.78 is 8.01. The molecule has 0 aliphatic carbocycles. The van der Waals surface area contributed by atoms with E-state index in [1.54, 1.807) is 19.2 Å². The Kier molecular flexibility index (Phi) is 4.78. The molecule has 0 aliphatic heterocycles. The number of hydrogen-bond donors (Lipinski definition) is 0. The molecule has 0 saturated carbocycles. The van der Waals surface area contributed by atoms with E-state index >= 15 is 0 Å². The Morgan fingerprint density at radius 3 is 2.56 bits per heavy atom. The molecule has 2 aromatic heterocycles. The van der Waals surface area contributed by atoms with Crippen LogP contribution in [0, 0.1) is 6.92 Å². The van der Waals surface area contributed by atoms with Crippen LogP contribution in [0.3, 0.4) is 0 Å². The van der Waals surface area contributed by atoms with Crippen LogP contribution < -0.4 is 10.4 Å². The van der Waals surface area contributed by atoms with Gasteiger partial charge in [-0.2, -0.15) is 4.52 Å². The van der Waals surface area contributed by atoms with Gasteiger partial charge in [0.25, 0.3) is 0 Å². The molecule has 3 aromatic carbocycles. The van der Waals surface area contributed by atoms with Crippen molar-refractivity contribution < 1.29 is 9.53 Å². The summed E-state index contributed by atoms with van der Waals surface area (Å²) >= 11 is 0. The minimum Gasteiger partial charge on any atom is -0.497 e. The predicted octanol–water partition coefficient (Wildman–Crippen LogP) is 3.91. The highest BCUT2D eigenvalue weighted by atomic mass is 16.5. The van der Waals surface area contributed by atoms with Gasteiger partial charge in [0, 0.05) is 16.5 Å². The first-order chi connectivity index (χ1) is 15.5. The number of carbonyl (C=O) groups excluding carboxylic acids is 1. The van der Waals surface area contributed by atoms with Crippen molar-refractivity contribution in [1.29, 1.82) is 0 Å². The van der Waals surface area contributed by atoms with Crippen LogP contribution in [0.1, 0.15) is 15.9 Å². The minimum atomic E-state index is -0.416. The number of methoxy groups -OCH3 is 1. The van der Waals surface area contributed by atoms with E-state index < -0.39 is 5.69 Å². The lowest BCUT2D eigenvalue weighted by molar-refractivity contribution is 0.0971. The lowest BCUT2D eigenvalue weighted by Gasteiger charge is -2.10. The third-order valence-electron chi connectivity index (χ3n) is 5.46.